The summed E-state index contributed by atoms with van der Waals surface area (Å²) in [7, 11) is 2.11. The van der Waals surface area contributed by atoms with Crippen LogP contribution in [0.5, 0.6) is 0 Å². The van der Waals surface area contributed by atoms with E-state index in [0.717, 1.165) is 0 Å². The summed E-state index contributed by atoms with van der Waals surface area (Å²) in [6.07, 6.45) is 6.82. The lowest BCUT2D eigenvalue weighted by molar-refractivity contribution is 0.230. The van der Waals surface area contributed by atoms with Gasteiger partial charge in [-0.05, 0) is 43.2 Å². The van der Waals surface area contributed by atoms with Gasteiger partial charge < -0.3 is 5.32 Å². The average molecular weight is 223 g/mol. The predicted octanol–water partition coefficient (Wildman–Crippen LogP) is 3.46. The van der Waals surface area contributed by atoms with Gasteiger partial charge in [0.2, 0.25) is 0 Å². The number of nitrogens with one attached hydrogen (secondary N) is 1. The van der Waals surface area contributed by atoms with E-state index in [9.17, 15) is 0 Å². The molecule has 1 aliphatic carbocycles. The van der Waals surface area contributed by atoms with E-state index in [2.05, 4.69) is 36.8 Å². The molecule has 1 aromatic heterocycles. The maximum Gasteiger partial charge on any atom is 0.0166 e. The smallest absolute Gasteiger partial charge is 0.0166 e. The van der Waals surface area contributed by atoms with E-state index < -0.39 is 0 Å². The normalized spacial score (nSPS) is 21.7. The molecule has 84 valence electrons. The molecule has 1 unspecified atom stereocenters. The van der Waals surface area contributed by atoms with Crippen LogP contribution in [0.15, 0.2) is 17.5 Å². The molecule has 1 heterocycles. The van der Waals surface area contributed by atoms with Gasteiger partial charge in [0, 0.05) is 10.9 Å². The van der Waals surface area contributed by atoms with Crippen molar-refractivity contribution in [2.24, 2.45) is 5.41 Å². The molecule has 2 heteroatoms. The Kier molecular flexibility index (Phi) is 3.47. The Morgan fingerprint density at radius 2 is 2.20 bits per heavy atom. The zero-order valence-corrected chi connectivity index (χ0v) is 10.6. The third-order valence-corrected chi connectivity index (χ3v) is 4.82. The van der Waals surface area contributed by atoms with Crippen LogP contribution in [0.2, 0.25) is 0 Å². The van der Waals surface area contributed by atoms with Crippen LogP contribution in [0.25, 0.3) is 0 Å². The number of thiophene rings is 1. The summed E-state index contributed by atoms with van der Waals surface area (Å²) in [5.74, 6) is 0. The van der Waals surface area contributed by atoms with Crippen LogP contribution in [0, 0.1) is 5.41 Å². The fraction of sp³-hybridized carbons (Fsp3) is 0.692. The number of hydrogen-bond donors (Lipinski definition) is 1. The Balaban J connectivity index is 2.03. The van der Waals surface area contributed by atoms with Crippen molar-refractivity contribution in [3.63, 3.8) is 0 Å². The Labute approximate surface area is 96.9 Å². The second-order valence-corrected chi connectivity index (χ2v) is 6.02. The van der Waals surface area contributed by atoms with Crippen molar-refractivity contribution in [1.29, 1.82) is 0 Å². The second kappa shape index (κ2) is 4.67. The molecule has 0 aliphatic heterocycles. The lowest BCUT2D eigenvalue weighted by Crippen LogP contribution is -2.41. The lowest BCUT2D eigenvalue weighted by Gasteiger charge is -2.33. The minimum Gasteiger partial charge on any atom is -0.316 e. The van der Waals surface area contributed by atoms with Gasteiger partial charge in [0.25, 0.3) is 0 Å². The van der Waals surface area contributed by atoms with Crippen LogP contribution in [0.4, 0.5) is 0 Å². The Bertz CT molecular complexity index is 285. The molecule has 1 atom stereocenters. The third kappa shape index (κ3) is 2.43. The van der Waals surface area contributed by atoms with Crippen molar-refractivity contribution in [2.45, 2.75) is 45.1 Å². The highest BCUT2D eigenvalue weighted by molar-refractivity contribution is 7.09. The van der Waals surface area contributed by atoms with Crippen molar-refractivity contribution >= 4 is 11.3 Å². The molecule has 1 saturated carbocycles. The molecule has 0 amide bonds. The average Bonchev–Trinajstić information content (AvgIpc) is 2.85. The monoisotopic (exact) mass is 223 g/mol. The highest BCUT2D eigenvalue weighted by Crippen LogP contribution is 2.41. The van der Waals surface area contributed by atoms with Crippen molar-refractivity contribution in [2.75, 3.05) is 7.05 Å². The molecule has 1 aromatic rings. The zero-order valence-electron chi connectivity index (χ0n) is 9.75. The maximum absolute atomic E-state index is 3.53. The first kappa shape index (κ1) is 11.2. The quantitative estimate of drug-likeness (QED) is 0.824. The molecule has 0 spiro atoms. The Hall–Kier alpha value is -0.340. The zero-order chi connectivity index (χ0) is 10.7. The van der Waals surface area contributed by atoms with Crippen LogP contribution in [-0.4, -0.2) is 13.1 Å². The van der Waals surface area contributed by atoms with E-state index >= 15 is 0 Å². The SMILES string of the molecule is CNC(Cc1cccs1)C1(C)CCCC1. The van der Waals surface area contributed by atoms with Gasteiger partial charge in [-0.1, -0.05) is 25.8 Å². The molecule has 1 nitrogen and oxygen atoms in total. The first-order chi connectivity index (χ1) is 7.24. The molecule has 1 aliphatic rings. The van der Waals surface area contributed by atoms with Gasteiger partial charge in [-0.3, -0.25) is 0 Å². The van der Waals surface area contributed by atoms with Gasteiger partial charge >= 0.3 is 0 Å². The Morgan fingerprint density at radius 1 is 1.47 bits per heavy atom. The number of hydrogen-bond acceptors (Lipinski definition) is 2. The van der Waals surface area contributed by atoms with Gasteiger partial charge in [-0.2, -0.15) is 0 Å². The van der Waals surface area contributed by atoms with Crippen LogP contribution in [-0.2, 0) is 6.42 Å². The van der Waals surface area contributed by atoms with Gasteiger partial charge in [0.15, 0.2) is 0 Å². The lowest BCUT2D eigenvalue weighted by atomic mass is 9.79. The van der Waals surface area contributed by atoms with Gasteiger partial charge in [-0.15, -0.1) is 11.3 Å². The van der Waals surface area contributed by atoms with Crippen LogP contribution < -0.4 is 5.32 Å². The predicted molar refractivity (Wildman–Crippen MR) is 67.4 cm³/mol. The van der Waals surface area contributed by atoms with E-state index in [1.54, 1.807) is 0 Å². The number of likely N-dealkylation sites (N-methyl/N-ethyl adjacent to an activating group) is 1. The summed E-state index contributed by atoms with van der Waals surface area (Å²) in [6.45, 7) is 2.45. The fourth-order valence-corrected chi connectivity index (χ4v) is 3.61. The molecule has 1 N–H and O–H groups in total. The molecular weight excluding hydrogens is 202 g/mol. The van der Waals surface area contributed by atoms with Crippen molar-refractivity contribution in [3.05, 3.63) is 22.4 Å². The minimum absolute atomic E-state index is 0.527. The fourth-order valence-electron chi connectivity index (χ4n) is 2.86. The summed E-state index contributed by atoms with van der Waals surface area (Å²) >= 11 is 1.88. The van der Waals surface area contributed by atoms with Gasteiger partial charge in [-0.25, -0.2) is 0 Å². The van der Waals surface area contributed by atoms with E-state index in [-0.39, 0.29) is 0 Å². The molecule has 15 heavy (non-hydrogen) atoms. The number of rotatable bonds is 4. The van der Waals surface area contributed by atoms with E-state index in [1.807, 2.05) is 11.3 Å². The maximum atomic E-state index is 3.53. The summed E-state index contributed by atoms with van der Waals surface area (Å²) in [5.41, 5.74) is 0.527. The molecule has 0 saturated heterocycles. The molecular formula is C13H21NS. The van der Waals surface area contributed by atoms with E-state index in [4.69, 9.17) is 0 Å². The van der Waals surface area contributed by atoms with Crippen molar-refractivity contribution < 1.29 is 0 Å². The minimum atomic E-state index is 0.527. The molecule has 0 radical (unpaired) electrons. The first-order valence-corrected chi connectivity index (χ1v) is 6.82. The highest BCUT2D eigenvalue weighted by Gasteiger charge is 2.36. The third-order valence-electron chi connectivity index (χ3n) is 3.92. The van der Waals surface area contributed by atoms with Crippen LogP contribution >= 0.6 is 11.3 Å². The van der Waals surface area contributed by atoms with E-state index in [1.165, 1.54) is 37.0 Å². The largest absolute Gasteiger partial charge is 0.316 e. The Morgan fingerprint density at radius 3 is 2.73 bits per heavy atom. The first-order valence-electron chi connectivity index (χ1n) is 5.94. The molecule has 0 bridgehead atoms. The standard InChI is InChI=1S/C13H21NS/c1-13(7-3-4-8-13)12(14-2)10-11-6-5-9-15-11/h5-6,9,12,14H,3-4,7-8,10H2,1-2H3. The van der Waals surface area contributed by atoms with Crippen LogP contribution in [0.1, 0.15) is 37.5 Å². The molecule has 1 fully saturated rings. The molecule has 2 rings (SSSR count). The summed E-state index contributed by atoms with van der Waals surface area (Å²) in [6, 6.07) is 5.07. The summed E-state index contributed by atoms with van der Waals surface area (Å²) in [4.78, 5) is 1.52. The summed E-state index contributed by atoms with van der Waals surface area (Å²) < 4.78 is 0. The van der Waals surface area contributed by atoms with Crippen molar-refractivity contribution in [1.82, 2.24) is 5.32 Å². The van der Waals surface area contributed by atoms with Crippen molar-refractivity contribution in [3.8, 4) is 0 Å². The van der Waals surface area contributed by atoms with E-state index in [0.29, 0.717) is 11.5 Å². The van der Waals surface area contributed by atoms with Gasteiger partial charge in [0.05, 0.1) is 0 Å². The second-order valence-electron chi connectivity index (χ2n) is 4.99. The summed E-state index contributed by atoms with van der Waals surface area (Å²) in [5, 5.41) is 5.71. The van der Waals surface area contributed by atoms with Gasteiger partial charge in [0.1, 0.15) is 0 Å². The highest BCUT2D eigenvalue weighted by atomic mass is 32.1. The topological polar surface area (TPSA) is 12.0 Å². The molecule has 0 aromatic carbocycles. The van der Waals surface area contributed by atoms with Crippen LogP contribution in [0.3, 0.4) is 0 Å².